The third kappa shape index (κ3) is 29.7. The van der Waals surface area contributed by atoms with E-state index in [-0.39, 0.29) is 30.8 Å². The Morgan fingerprint density at radius 2 is 0.964 bits per heavy atom. The normalized spacial score (nSPS) is 16.6. The largest absolute Gasteiger partial charge is 0.461 e. The number of esters is 2. The van der Waals surface area contributed by atoms with Crippen molar-refractivity contribution in [3.63, 3.8) is 0 Å². The molecule has 0 aliphatic heterocycles. The summed E-state index contributed by atoms with van der Waals surface area (Å²) < 4.78 is 12.1. The summed E-state index contributed by atoms with van der Waals surface area (Å²) in [6.45, 7) is 8.17. The fraction of sp³-hybridized carbons (Fsp3) is 0.958. The van der Waals surface area contributed by atoms with Gasteiger partial charge in [0.05, 0.1) is 0 Å². The number of thioether (sulfide) groups is 2. The highest BCUT2D eigenvalue weighted by Crippen LogP contribution is 2.29. The molecule has 56 heavy (non-hydrogen) atoms. The van der Waals surface area contributed by atoms with E-state index >= 15 is 0 Å². The summed E-state index contributed by atoms with van der Waals surface area (Å²) in [6.07, 6.45) is 37.8. The maximum absolute atomic E-state index is 12.8. The zero-order valence-electron chi connectivity index (χ0n) is 36.9. The molecule has 2 unspecified atom stereocenters. The van der Waals surface area contributed by atoms with Crippen LogP contribution in [0, 0.1) is 11.8 Å². The van der Waals surface area contributed by atoms with Crippen LogP contribution in [0.15, 0.2) is 0 Å². The lowest BCUT2D eigenvalue weighted by Gasteiger charge is -2.23. The second-order valence-corrected chi connectivity index (χ2v) is 19.9. The Labute approximate surface area is 355 Å². The molecule has 2 atom stereocenters. The Kier molecular flexibility index (Phi) is 34.7. The van der Waals surface area contributed by atoms with Crippen molar-refractivity contribution in [2.45, 2.75) is 232 Å². The number of hydrogen-bond donors (Lipinski definition) is 1. The molecule has 2 fully saturated rings. The molecule has 0 aromatic heterocycles. The summed E-state index contributed by atoms with van der Waals surface area (Å²) in [5.41, 5.74) is 0. The van der Waals surface area contributed by atoms with Crippen molar-refractivity contribution in [2.75, 3.05) is 49.3 Å². The molecule has 0 amide bonds. The lowest BCUT2D eigenvalue weighted by molar-refractivity contribution is -0.149. The quantitative estimate of drug-likeness (QED) is 0.0487. The van der Waals surface area contributed by atoms with Crippen molar-refractivity contribution in [3.8, 4) is 0 Å². The van der Waals surface area contributed by atoms with Crippen LogP contribution in [0.4, 0.5) is 0 Å². The number of hydrogen-bond acceptors (Lipinski definition) is 8. The lowest BCUT2D eigenvalue weighted by atomic mass is 9.86. The van der Waals surface area contributed by atoms with Gasteiger partial charge >= 0.3 is 11.9 Å². The third-order valence-electron chi connectivity index (χ3n) is 12.3. The molecule has 2 rings (SSSR count). The van der Waals surface area contributed by atoms with Crippen LogP contribution in [0.5, 0.6) is 0 Å². The van der Waals surface area contributed by atoms with Crippen LogP contribution in [0.1, 0.15) is 219 Å². The van der Waals surface area contributed by atoms with E-state index in [1.165, 1.54) is 141 Å². The van der Waals surface area contributed by atoms with Gasteiger partial charge in [0.1, 0.15) is 12.2 Å². The zero-order chi connectivity index (χ0) is 40.2. The molecule has 1 N–H and O–H groups in total. The number of nitrogens with zero attached hydrogens (tertiary/aromatic N) is 1. The van der Waals surface area contributed by atoms with Crippen molar-refractivity contribution in [1.82, 2.24) is 4.90 Å². The average molecular weight is 826 g/mol. The molecule has 0 saturated heterocycles. The second-order valence-electron chi connectivity index (χ2n) is 17.6. The Bertz CT molecular complexity index is 831. The highest BCUT2D eigenvalue weighted by molar-refractivity contribution is 7.99. The number of carbonyl (C=O) groups is 2. The molecule has 2 saturated carbocycles. The highest BCUT2D eigenvalue weighted by atomic mass is 32.2. The number of unbranched alkanes of at least 4 members (excludes halogenated alkanes) is 11. The Balaban J connectivity index is 1.61. The van der Waals surface area contributed by atoms with Crippen LogP contribution in [0.25, 0.3) is 0 Å². The molecule has 6 nitrogen and oxygen atoms in total. The van der Waals surface area contributed by atoms with Crippen LogP contribution in [-0.4, -0.2) is 83.4 Å². The smallest absolute Gasteiger partial charge is 0.306 e. The van der Waals surface area contributed by atoms with Crippen LogP contribution in [-0.2, 0) is 19.1 Å². The Morgan fingerprint density at radius 1 is 0.554 bits per heavy atom. The standard InChI is InChI=1S/C48H91NO5S2/c1-3-5-7-17-29-45(53-47(51)33-31-43-25-13-9-14-26-43)41-55-39-23-11-19-35-49(37-21-22-38-50)36-20-12-24-40-56-42-46(30-18-8-6-4-2)54-48(52)34-32-44-27-15-10-16-28-44/h43-46,50H,3-42H2,1-2H3. The summed E-state index contributed by atoms with van der Waals surface area (Å²) in [7, 11) is 0. The van der Waals surface area contributed by atoms with Crippen LogP contribution in [0.2, 0.25) is 0 Å². The first-order valence-electron chi connectivity index (χ1n) is 24.4. The van der Waals surface area contributed by atoms with E-state index in [4.69, 9.17) is 9.47 Å². The number of ether oxygens (including phenoxy) is 2. The number of carbonyl (C=O) groups excluding carboxylic acids is 2. The zero-order valence-corrected chi connectivity index (χ0v) is 38.6. The molecule has 330 valence electrons. The van der Waals surface area contributed by atoms with Gasteiger partial charge in [0.15, 0.2) is 0 Å². The van der Waals surface area contributed by atoms with Gasteiger partial charge in [-0.1, -0.05) is 129 Å². The van der Waals surface area contributed by atoms with E-state index in [1.54, 1.807) is 0 Å². The van der Waals surface area contributed by atoms with Gasteiger partial charge in [-0.05, 0) is 120 Å². The molecule has 0 aromatic carbocycles. The van der Waals surface area contributed by atoms with E-state index in [9.17, 15) is 14.7 Å². The second kappa shape index (κ2) is 37.6. The van der Waals surface area contributed by atoms with Gasteiger partial charge in [0, 0.05) is 31.0 Å². The first-order chi connectivity index (χ1) is 27.5. The molecule has 0 heterocycles. The van der Waals surface area contributed by atoms with Crippen LogP contribution < -0.4 is 0 Å². The van der Waals surface area contributed by atoms with Crippen LogP contribution in [0.3, 0.4) is 0 Å². The van der Waals surface area contributed by atoms with Gasteiger partial charge in [0.2, 0.25) is 0 Å². The fourth-order valence-corrected chi connectivity index (χ4v) is 10.8. The number of rotatable bonds is 38. The monoisotopic (exact) mass is 826 g/mol. The first kappa shape index (κ1) is 51.7. The van der Waals surface area contributed by atoms with Crippen molar-refractivity contribution in [3.05, 3.63) is 0 Å². The van der Waals surface area contributed by atoms with Gasteiger partial charge in [-0.15, -0.1) is 0 Å². The van der Waals surface area contributed by atoms with Crippen molar-refractivity contribution >= 4 is 35.5 Å². The maximum atomic E-state index is 12.8. The molecular weight excluding hydrogens is 735 g/mol. The molecule has 0 aromatic rings. The van der Waals surface area contributed by atoms with Crippen molar-refractivity contribution in [1.29, 1.82) is 0 Å². The van der Waals surface area contributed by atoms with E-state index < -0.39 is 0 Å². The highest BCUT2D eigenvalue weighted by Gasteiger charge is 2.20. The SMILES string of the molecule is CCCCCCC(CSCCCCCN(CCCCO)CCCCCSCC(CCCCCC)OC(=O)CCC1CCCCC1)OC(=O)CCC1CCCCC1. The summed E-state index contributed by atoms with van der Waals surface area (Å²) in [5, 5.41) is 9.37. The summed E-state index contributed by atoms with van der Waals surface area (Å²) in [4.78, 5) is 28.1. The summed E-state index contributed by atoms with van der Waals surface area (Å²) in [6, 6.07) is 0. The predicted octanol–water partition coefficient (Wildman–Crippen LogP) is 13.4. The molecular formula is C48H91NO5S2. The predicted molar refractivity (Wildman–Crippen MR) is 244 cm³/mol. The average Bonchev–Trinajstić information content (AvgIpc) is 3.22. The first-order valence-corrected chi connectivity index (χ1v) is 26.7. The van der Waals surface area contributed by atoms with Crippen molar-refractivity contribution in [2.24, 2.45) is 11.8 Å². The Morgan fingerprint density at radius 3 is 1.38 bits per heavy atom. The van der Waals surface area contributed by atoms with E-state index in [0.29, 0.717) is 12.8 Å². The van der Waals surface area contributed by atoms with Gasteiger partial charge in [-0.2, -0.15) is 23.5 Å². The number of aliphatic hydroxyl groups excluding tert-OH is 1. The van der Waals surface area contributed by atoms with Gasteiger partial charge in [-0.25, -0.2) is 0 Å². The maximum Gasteiger partial charge on any atom is 0.306 e. The molecule has 8 heteroatoms. The summed E-state index contributed by atoms with van der Waals surface area (Å²) in [5.74, 6) is 5.72. The Hall–Kier alpha value is -0.440. The fourth-order valence-electron chi connectivity index (χ4n) is 8.68. The molecule has 2 aliphatic rings. The molecule has 0 bridgehead atoms. The molecule has 2 aliphatic carbocycles. The minimum Gasteiger partial charge on any atom is -0.461 e. The van der Waals surface area contributed by atoms with E-state index in [0.717, 1.165) is 106 Å². The third-order valence-corrected chi connectivity index (χ3v) is 14.7. The van der Waals surface area contributed by atoms with Gasteiger partial charge in [-0.3, -0.25) is 9.59 Å². The van der Waals surface area contributed by atoms with Gasteiger partial charge < -0.3 is 19.5 Å². The minimum absolute atomic E-state index is 0.0382. The van der Waals surface area contributed by atoms with E-state index in [2.05, 4.69) is 18.7 Å². The molecule has 0 radical (unpaired) electrons. The van der Waals surface area contributed by atoms with E-state index in [1.807, 2.05) is 23.5 Å². The van der Waals surface area contributed by atoms with Crippen LogP contribution >= 0.6 is 23.5 Å². The minimum atomic E-state index is 0.0382. The molecule has 0 spiro atoms. The van der Waals surface area contributed by atoms with Gasteiger partial charge in [0.25, 0.3) is 0 Å². The summed E-state index contributed by atoms with van der Waals surface area (Å²) >= 11 is 3.97. The number of aliphatic hydroxyl groups is 1. The van der Waals surface area contributed by atoms with Crippen molar-refractivity contribution < 1.29 is 24.2 Å². The lowest BCUT2D eigenvalue weighted by Crippen LogP contribution is -2.27. The topological polar surface area (TPSA) is 76.1 Å².